The lowest BCUT2D eigenvalue weighted by atomic mass is 9.73. The molecule has 5 rings (SSSR count). The molecule has 0 aromatic heterocycles. The van der Waals surface area contributed by atoms with Crippen LogP contribution in [0, 0.1) is 11.8 Å². The molecule has 0 radical (unpaired) electrons. The van der Waals surface area contributed by atoms with Crippen LogP contribution in [0.3, 0.4) is 0 Å². The maximum Gasteiger partial charge on any atom is 0.410 e. The highest BCUT2D eigenvalue weighted by atomic mass is 16.6. The number of carbonyl (C=O) groups is 2. The number of hydrazine groups is 1. The molecule has 3 aliphatic heterocycles. The Bertz CT molecular complexity index is 764. The maximum absolute atomic E-state index is 13.6. The van der Waals surface area contributed by atoms with E-state index in [1.165, 1.54) is 12.8 Å². The number of fused-ring (bicyclic) bond motifs is 1. The van der Waals surface area contributed by atoms with Crippen LogP contribution in [-0.4, -0.2) is 103 Å². The normalized spacial score (nSPS) is 41.3. The second kappa shape index (κ2) is 9.91. The summed E-state index contributed by atoms with van der Waals surface area (Å²) in [4.78, 5) is 30.2. The Kier molecular flexibility index (Phi) is 7.08. The van der Waals surface area contributed by atoms with Gasteiger partial charge in [-0.2, -0.15) is 0 Å². The first-order chi connectivity index (χ1) is 16.4. The molecule has 2 amide bonds. The largest absolute Gasteiger partial charge is 0.443 e. The Labute approximate surface area is 203 Å². The van der Waals surface area contributed by atoms with E-state index in [0.29, 0.717) is 18.4 Å². The number of piperazine rings is 1. The van der Waals surface area contributed by atoms with Gasteiger partial charge in [-0.3, -0.25) is 10.2 Å². The summed E-state index contributed by atoms with van der Waals surface area (Å²) >= 11 is 0. The Morgan fingerprint density at radius 1 is 0.971 bits per heavy atom. The molecule has 0 aromatic carbocycles. The quantitative estimate of drug-likeness (QED) is 0.636. The van der Waals surface area contributed by atoms with Crippen LogP contribution in [0.25, 0.3) is 0 Å². The number of hydrogen-bond acceptors (Lipinski definition) is 7. The zero-order valence-corrected chi connectivity index (χ0v) is 21.2. The van der Waals surface area contributed by atoms with E-state index in [0.717, 1.165) is 51.4 Å². The van der Waals surface area contributed by atoms with Gasteiger partial charge >= 0.3 is 6.09 Å². The zero-order chi connectivity index (χ0) is 24.0. The summed E-state index contributed by atoms with van der Waals surface area (Å²) in [7, 11) is 1.69. The maximum atomic E-state index is 13.6. The molecule has 2 aliphatic carbocycles. The van der Waals surface area contributed by atoms with Gasteiger partial charge in [-0.25, -0.2) is 9.80 Å². The monoisotopic (exact) mass is 477 g/mol. The summed E-state index contributed by atoms with van der Waals surface area (Å²) in [5.41, 5.74) is 3.62. The van der Waals surface area contributed by atoms with Crippen LogP contribution in [0.1, 0.15) is 59.3 Å². The van der Waals surface area contributed by atoms with Gasteiger partial charge in [-0.05, 0) is 70.8 Å². The summed E-state index contributed by atoms with van der Waals surface area (Å²) < 4.78 is 11.8. The molecule has 0 aromatic rings. The zero-order valence-electron chi connectivity index (χ0n) is 21.2. The van der Waals surface area contributed by atoms with Crippen LogP contribution in [0.4, 0.5) is 4.79 Å². The molecule has 0 bridgehead atoms. The van der Waals surface area contributed by atoms with Crippen molar-refractivity contribution in [3.05, 3.63) is 0 Å². The second-order valence-electron chi connectivity index (χ2n) is 11.3. The van der Waals surface area contributed by atoms with Gasteiger partial charge in [0.05, 0.1) is 12.1 Å². The van der Waals surface area contributed by atoms with E-state index in [-0.39, 0.29) is 48.4 Å². The number of piperidine rings is 1. The first kappa shape index (κ1) is 24.3. The summed E-state index contributed by atoms with van der Waals surface area (Å²) in [6.07, 6.45) is 5.72. The smallest absolute Gasteiger partial charge is 0.410 e. The minimum Gasteiger partial charge on any atom is -0.443 e. The fraction of sp³-hybridized carbons (Fsp3) is 0.920. The number of rotatable bonds is 4. The van der Waals surface area contributed by atoms with E-state index >= 15 is 0 Å². The van der Waals surface area contributed by atoms with Gasteiger partial charge < -0.3 is 24.6 Å². The standard InChI is InChI=1S/C25H43N5O4/c1-15-13-28(25(32)34-23-9-10-26-16(2)24(23)33-4)22-11-18(5-8-21(22)30(15)17(3)31)19-12-27-29(14-19)20-6-7-20/h15-16,18-24,26-27H,5-14H2,1-4H3/t15-,16?,18?,19?,21?,22?,23?,24?/m0/s1. The minimum atomic E-state index is -0.251. The van der Waals surface area contributed by atoms with E-state index in [1.807, 2.05) is 9.80 Å². The number of amides is 2. The molecule has 2 N–H and O–H groups in total. The number of methoxy groups -OCH3 is 1. The van der Waals surface area contributed by atoms with Crippen LogP contribution < -0.4 is 10.7 Å². The van der Waals surface area contributed by atoms with Crippen LogP contribution in [-0.2, 0) is 14.3 Å². The molecule has 5 fully saturated rings. The molecule has 9 heteroatoms. The fourth-order valence-electron chi connectivity index (χ4n) is 7.17. The summed E-state index contributed by atoms with van der Waals surface area (Å²) in [6, 6.07) is 0.941. The first-order valence-corrected chi connectivity index (χ1v) is 13.4. The van der Waals surface area contributed by atoms with Crippen molar-refractivity contribution in [3.8, 4) is 0 Å². The SMILES string of the molecule is COC1C(C)NCCC1OC(=O)N1C[C@H](C)N(C(C)=O)C2CCC(C3CNN(C4CC4)C3)CC21. The third-order valence-corrected chi connectivity index (χ3v) is 9.03. The number of carbonyl (C=O) groups excluding carboxylic acids is 2. The van der Waals surface area contributed by atoms with Gasteiger partial charge in [0.2, 0.25) is 5.91 Å². The molecule has 192 valence electrons. The molecule has 2 saturated carbocycles. The average molecular weight is 478 g/mol. The topological polar surface area (TPSA) is 86.4 Å². The lowest BCUT2D eigenvalue weighted by molar-refractivity contribution is -0.143. The first-order valence-electron chi connectivity index (χ1n) is 13.4. The predicted octanol–water partition coefficient (Wildman–Crippen LogP) is 1.58. The second-order valence-corrected chi connectivity index (χ2v) is 11.3. The molecule has 0 spiro atoms. The highest BCUT2D eigenvalue weighted by Gasteiger charge is 2.49. The van der Waals surface area contributed by atoms with Crippen molar-refractivity contribution < 1.29 is 19.1 Å². The summed E-state index contributed by atoms with van der Waals surface area (Å²) in [5.74, 6) is 1.27. The molecule has 34 heavy (non-hydrogen) atoms. The van der Waals surface area contributed by atoms with Gasteiger partial charge in [0, 0.05) is 51.8 Å². The minimum absolute atomic E-state index is 0.00785. The Balaban J connectivity index is 1.31. The van der Waals surface area contributed by atoms with Gasteiger partial charge in [0.25, 0.3) is 0 Å². The van der Waals surface area contributed by atoms with Gasteiger partial charge in [0.1, 0.15) is 12.2 Å². The average Bonchev–Trinajstić information content (AvgIpc) is 3.54. The summed E-state index contributed by atoms with van der Waals surface area (Å²) in [5, 5.41) is 5.85. The lowest BCUT2D eigenvalue weighted by Gasteiger charge is -2.54. The van der Waals surface area contributed by atoms with Crippen LogP contribution in [0.2, 0.25) is 0 Å². The van der Waals surface area contributed by atoms with Crippen molar-refractivity contribution in [1.82, 2.24) is 25.6 Å². The Hall–Kier alpha value is -1.42. The van der Waals surface area contributed by atoms with E-state index in [2.05, 4.69) is 29.6 Å². The van der Waals surface area contributed by atoms with Crippen LogP contribution in [0.5, 0.6) is 0 Å². The molecule has 9 nitrogen and oxygen atoms in total. The Morgan fingerprint density at radius 3 is 2.47 bits per heavy atom. The molecule has 5 aliphatic rings. The Morgan fingerprint density at radius 2 is 1.76 bits per heavy atom. The van der Waals surface area contributed by atoms with Crippen molar-refractivity contribution in [2.75, 3.05) is 33.3 Å². The number of nitrogens with one attached hydrogen (secondary N) is 2. The molecular weight excluding hydrogens is 434 g/mol. The van der Waals surface area contributed by atoms with E-state index in [1.54, 1.807) is 14.0 Å². The lowest BCUT2D eigenvalue weighted by Crippen LogP contribution is -2.67. The van der Waals surface area contributed by atoms with Crippen molar-refractivity contribution in [1.29, 1.82) is 0 Å². The third kappa shape index (κ3) is 4.68. The summed E-state index contributed by atoms with van der Waals surface area (Å²) in [6.45, 7) is 9.27. The third-order valence-electron chi connectivity index (χ3n) is 9.03. The molecule has 3 saturated heterocycles. The van der Waals surface area contributed by atoms with Gasteiger partial charge in [-0.15, -0.1) is 0 Å². The van der Waals surface area contributed by atoms with Crippen molar-refractivity contribution in [2.24, 2.45) is 11.8 Å². The van der Waals surface area contributed by atoms with Crippen molar-refractivity contribution >= 4 is 12.0 Å². The van der Waals surface area contributed by atoms with Crippen LogP contribution in [0.15, 0.2) is 0 Å². The van der Waals surface area contributed by atoms with Gasteiger partial charge in [0.15, 0.2) is 0 Å². The molecular formula is C25H43N5O4. The van der Waals surface area contributed by atoms with E-state index in [9.17, 15) is 9.59 Å². The number of ether oxygens (including phenoxy) is 2. The number of nitrogens with zero attached hydrogens (tertiary/aromatic N) is 3. The molecule has 7 unspecified atom stereocenters. The van der Waals surface area contributed by atoms with E-state index in [4.69, 9.17) is 9.47 Å². The molecule has 3 heterocycles. The number of hydrogen-bond donors (Lipinski definition) is 2. The van der Waals surface area contributed by atoms with Gasteiger partial charge in [-0.1, -0.05) is 0 Å². The fourth-order valence-corrected chi connectivity index (χ4v) is 7.17. The van der Waals surface area contributed by atoms with Crippen LogP contribution >= 0.6 is 0 Å². The van der Waals surface area contributed by atoms with Crippen molar-refractivity contribution in [2.45, 2.75) is 102 Å². The highest BCUT2D eigenvalue weighted by molar-refractivity contribution is 5.75. The molecule has 8 atom stereocenters. The van der Waals surface area contributed by atoms with Crippen molar-refractivity contribution in [3.63, 3.8) is 0 Å². The predicted molar refractivity (Wildman–Crippen MR) is 128 cm³/mol. The van der Waals surface area contributed by atoms with E-state index < -0.39 is 0 Å². The highest BCUT2D eigenvalue weighted by Crippen LogP contribution is 2.41.